The Morgan fingerprint density at radius 3 is 1.74 bits per heavy atom. The minimum atomic E-state index is -1.01. The molecule has 10 N–H and O–H groups in total. The van der Waals surface area contributed by atoms with Gasteiger partial charge in [0.15, 0.2) is 0 Å². The number of hydrogen-bond donors (Lipinski definition) is 7. The average Bonchev–Trinajstić information content (AvgIpc) is 4.26. The summed E-state index contributed by atoms with van der Waals surface area (Å²) in [6.07, 6.45) is 1.77. The van der Waals surface area contributed by atoms with Gasteiger partial charge in [-0.2, -0.15) is 11.3 Å². The van der Waals surface area contributed by atoms with Crippen molar-refractivity contribution in [3.63, 3.8) is 0 Å². The van der Waals surface area contributed by atoms with Crippen molar-refractivity contribution < 1.29 is 33.1 Å². The molecule has 16 heteroatoms. The summed E-state index contributed by atoms with van der Waals surface area (Å²) in [6.45, 7) is 0.110. The molecule has 1 heterocycles. The number of nitrogens with one attached hydrogen (secondary N) is 4. The number of thiophene rings is 1. The van der Waals surface area contributed by atoms with Gasteiger partial charge in [-0.1, -0.05) is 54.6 Å². The normalized spacial score (nSPS) is 13.6. The van der Waals surface area contributed by atoms with E-state index in [4.69, 9.17) is 21.9 Å². The van der Waals surface area contributed by atoms with E-state index in [0.717, 1.165) is 27.8 Å². The van der Waals surface area contributed by atoms with Gasteiger partial charge >= 0.3 is 6.09 Å². The Kier molecular flexibility index (Phi) is 13.8. The van der Waals surface area contributed by atoms with Gasteiger partial charge in [0.25, 0.3) is 17.7 Å². The summed E-state index contributed by atoms with van der Waals surface area (Å²) < 4.78 is 18.6. The highest BCUT2D eigenvalue weighted by Crippen LogP contribution is 2.39. The van der Waals surface area contributed by atoms with Crippen molar-refractivity contribution in [2.45, 2.75) is 43.4 Å². The predicted molar refractivity (Wildman–Crippen MR) is 269 cm³/mol. The maximum atomic E-state index is 13.3. The SMILES string of the molecule is CN(C(=O)C1(NC(=O)OCc2ccccc2)CC1)c1ccc(C(=O)Nc2cc(-c3ccc(F)cc3)ccc2N)cc1.Nc1ccc(-c2ccsc2)cc1NC(=O)c1ccc(NC(=O)C2(N)CC2)cc1. The molecule has 69 heavy (non-hydrogen) atoms. The molecular formula is C53H49FN8O6S. The zero-order valence-electron chi connectivity index (χ0n) is 37.5. The molecule has 0 atom stereocenters. The molecule has 0 spiro atoms. The summed E-state index contributed by atoms with van der Waals surface area (Å²) in [4.78, 5) is 64.6. The van der Waals surface area contributed by atoms with Crippen LogP contribution in [0, 0.1) is 5.82 Å². The number of likely N-dealkylation sites (N-methyl/N-ethyl adjacent to an activating group) is 1. The van der Waals surface area contributed by atoms with Gasteiger partial charge in [0, 0.05) is 29.5 Å². The lowest BCUT2D eigenvalue weighted by molar-refractivity contribution is -0.121. The van der Waals surface area contributed by atoms with Gasteiger partial charge in [-0.3, -0.25) is 19.2 Å². The standard InChI is InChI=1S/C32H29FN4O4.C21H20N4O2S/c1-37(30(39)32(17-18-32)36-31(40)41-20-21-5-3-2-4-6-21)26-14-9-23(10-15-26)29(38)35-28-19-24(11-16-27(28)34)22-7-12-25(33)13-8-22;22-17-6-3-14(15-7-10-28-12-15)11-18(17)25-19(26)13-1-4-16(5-2-13)24-20(27)21(23)8-9-21/h2-16,19H,17-18,20,34H2,1H3,(H,35,38)(H,36,40);1-7,10-12H,8-9,22-23H2,(H,24,27)(H,25,26). The first-order chi connectivity index (χ1) is 33.2. The van der Waals surface area contributed by atoms with E-state index in [0.29, 0.717) is 70.9 Å². The van der Waals surface area contributed by atoms with Crippen molar-refractivity contribution in [2.24, 2.45) is 5.73 Å². The summed E-state index contributed by atoms with van der Waals surface area (Å²) in [7, 11) is 1.62. The van der Waals surface area contributed by atoms with Crippen LogP contribution in [-0.4, -0.2) is 47.8 Å². The Bertz CT molecular complexity index is 3000. The fourth-order valence-electron chi connectivity index (χ4n) is 7.22. The summed E-state index contributed by atoms with van der Waals surface area (Å²) in [5, 5.41) is 15.2. The molecule has 5 amide bonds. The highest BCUT2D eigenvalue weighted by molar-refractivity contribution is 7.08. The number of ether oxygens (including phenoxy) is 1. The van der Waals surface area contributed by atoms with Crippen molar-refractivity contribution in [3.05, 3.63) is 179 Å². The van der Waals surface area contributed by atoms with Gasteiger partial charge in [-0.15, -0.1) is 0 Å². The van der Waals surface area contributed by atoms with Crippen LogP contribution in [0.1, 0.15) is 52.0 Å². The fourth-order valence-corrected chi connectivity index (χ4v) is 7.88. The zero-order chi connectivity index (χ0) is 48.7. The van der Waals surface area contributed by atoms with E-state index in [1.165, 1.54) is 17.0 Å². The van der Waals surface area contributed by atoms with Crippen LogP contribution < -0.4 is 43.4 Å². The topological polar surface area (TPSA) is 224 Å². The number of carbonyl (C=O) groups excluding carboxylic acids is 5. The average molecular weight is 945 g/mol. The number of rotatable bonds is 13. The van der Waals surface area contributed by atoms with Gasteiger partial charge in [0.05, 0.1) is 28.3 Å². The number of alkyl carbamates (subject to hydrolysis) is 1. The highest BCUT2D eigenvalue weighted by atomic mass is 32.1. The number of anilines is 6. The van der Waals surface area contributed by atoms with Crippen LogP contribution in [0.5, 0.6) is 0 Å². The Morgan fingerprint density at radius 2 is 1.20 bits per heavy atom. The monoisotopic (exact) mass is 944 g/mol. The van der Waals surface area contributed by atoms with Gasteiger partial charge < -0.3 is 48.1 Å². The van der Waals surface area contributed by atoms with Crippen molar-refractivity contribution >= 4 is 75.2 Å². The third-order valence-electron chi connectivity index (χ3n) is 11.8. The van der Waals surface area contributed by atoms with E-state index in [1.54, 1.807) is 103 Å². The van der Waals surface area contributed by atoms with Crippen LogP contribution in [-0.2, 0) is 20.9 Å². The first-order valence-corrected chi connectivity index (χ1v) is 22.9. The number of nitrogens with zero attached hydrogens (tertiary/aromatic N) is 1. The van der Waals surface area contributed by atoms with Crippen LogP contribution in [0.2, 0.25) is 0 Å². The first-order valence-electron chi connectivity index (χ1n) is 22.0. The molecule has 1 aromatic heterocycles. The molecular weight excluding hydrogens is 896 g/mol. The summed E-state index contributed by atoms with van der Waals surface area (Å²) in [6, 6.07) is 41.3. The fraction of sp³-hybridized carbons (Fsp3) is 0.151. The van der Waals surface area contributed by atoms with Crippen molar-refractivity contribution in [3.8, 4) is 22.3 Å². The molecule has 0 saturated heterocycles. The molecule has 2 aliphatic rings. The molecule has 350 valence electrons. The van der Waals surface area contributed by atoms with Gasteiger partial charge in [0.1, 0.15) is 18.0 Å². The van der Waals surface area contributed by atoms with Gasteiger partial charge in [-0.05, 0) is 155 Å². The second kappa shape index (κ2) is 20.3. The van der Waals surface area contributed by atoms with E-state index in [-0.39, 0.29) is 36.1 Å². The molecule has 2 aliphatic carbocycles. The molecule has 0 radical (unpaired) electrons. The molecule has 0 bridgehead atoms. The maximum Gasteiger partial charge on any atom is 0.408 e. The van der Waals surface area contributed by atoms with Crippen LogP contribution in [0.3, 0.4) is 0 Å². The summed E-state index contributed by atoms with van der Waals surface area (Å²) >= 11 is 1.61. The number of nitrogen functional groups attached to an aromatic ring is 2. The minimum Gasteiger partial charge on any atom is -0.445 e. The largest absolute Gasteiger partial charge is 0.445 e. The number of hydrogen-bond acceptors (Lipinski definition) is 10. The lowest BCUT2D eigenvalue weighted by Crippen LogP contribution is -2.49. The van der Waals surface area contributed by atoms with E-state index >= 15 is 0 Å². The van der Waals surface area contributed by atoms with E-state index < -0.39 is 17.2 Å². The molecule has 0 aliphatic heterocycles. The van der Waals surface area contributed by atoms with Crippen molar-refractivity contribution in [2.75, 3.05) is 39.4 Å². The van der Waals surface area contributed by atoms with Gasteiger partial charge in [0.2, 0.25) is 5.91 Å². The molecule has 14 nitrogen and oxygen atoms in total. The van der Waals surface area contributed by atoms with E-state index in [9.17, 15) is 28.4 Å². The number of carbonyl (C=O) groups is 5. The van der Waals surface area contributed by atoms with E-state index in [2.05, 4.69) is 21.3 Å². The Balaban J connectivity index is 0.000000200. The lowest BCUT2D eigenvalue weighted by Gasteiger charge is -2.24. The molecule has 7 aromatic rings. The zero-order valence-corrected chi connectivity index (χ0v) is 38.3. The second-order valence-electron chi connectivity index (χ2n) is 16.9. The summed E-state index contributed by atoms with van der Waals surface area (Å²) in [5.74, 6) is -1.45. The third-order valence-corrected chi connectivity index (χ3v) is 12.5. The molecule has 9 rings (SSSR count). The maximum absolute atomic E-state index is 13.3. The predicted octanol–water partition coefficient (Wildman–Crippen LogP) is 9.43. The van der Waals surface area contributed by atoms with Crippen LogP contribution in [0.15, 0.2) is 156 Å². The molecule has 6 aromatic carbocycles. The van der Waals surface area contributed by atoms with Crippen LogP contribution in [0.25, 0.3) is 22.3 Å². The van der Waals surface area contributed by atoms with Gasteiger partial charge in [-0.25, -0.2) is 9.18 Å². The third kappa shape index (κ3) is 11.6. The van der Waals surface area contributed by atoms with Crippen LogP contribution in [0.4, 0.5) is 43.3 Å². The lowest BCUT2D eigenvalue weighted by atomic mass is 10.0. The number of nitrogens with two attached hydrogens (primary N) is 3. The number of halogens is 1. The Labute approximate surface area is 401 Å². The Morgan fingerprint density at radius 1 is 0.652 bits per heavy atom. The quantitative estimate of drug-likeness (QED) is 0.0546. The molecule has 0 unspecified atom stereocenters. The minimum absolute atomic E-state index is 0.110. The van der Waals surface area contributed by atoms with Crippen molar-refractivity contribution in [1.82, 2.24) is 5.32 Å². The van der Waals surface area contributed by atoms with Crippen LogP contribution >= 0.6 is 11.3 Å². The first kappa shape index (κ1) is 47.2. The Hall–Kier alpha value is -8.34. The highest BCUT2D eigenvalue weighted by Gasteiger charge is 2.53. The van der Waals surface area contributed by atoms with E-state index in [1.807, 2.05) is 59.3 Å². The smallest absolute Gasteiger partial charge is 0.408 e. The molecule has 2 saturated carbocycles. The van der Waals surface area contributed by atoms with Crippen molar-refractivity contribution in [1.29, 1.82) is 0 Å². The summed E-state index contributed by atoms with van der Waals surface area (Å²) in [5.41, 5.74) is 24.6. The number of amides is 5. The number of benzene rings is 6. The molecule has 2 fully saturated rings. The second-order valence-corrected chi connectivity index (χ2v) is 17.7.